The van der Waals surface area contributed by atoms with Crippen molar-refractivity contribution in [3.8, 4) is 5.75 Å². The van der Waals surface area contributed by atoms with E-state index in [-0.39, 0.29) is 6.09 Å². The van der Waals surface area contributed by atoms with Crippen molar-refractivity contribution < 1.29 is 14.3 Å². The lowest BCUT2D eigenvalue weighted by atomic mass is 10.0. The summed E-state index contributed by atoms with van der Waals surface area (Å²) in [6.45, 7) is 8.31. The number of aromatic nitrogens is 2. The molecule has 1 saturated heterocycles. The molecule has 2 aliphatic rings. The topological polar surface area (TPSA) is 67.8 Å². The Morgan fingerprint density at radius 2 is 2.00 bits per heavy atom. The van der Waals surface area contributed by atoms with Crippen molar-refractivity contribution >= 4 is 23.5 Å². The van der Waals surface area contributed by atoms with Crippen LogP contribution < -0.4 is 9.64 Å². The van der Waals surface area contributed by atoms with E-state index in [9.17, 15) is 4.79 Å². The Bertz CT molecular complexity index is 612. The summed E-state index contributed by atoms with van der Waals surface area (Å²) in [6, 6.07) is 0.303. The van der Waals surface area contributed by atoms with Crippen molar-refractivity contribution in [2.75, 3.05) is 31.1 Å². The van der Waals surface area contributed by atoms with Crippen LogP contribution in [0.25, 0.3) is 0 Å². The van der Waals surface area contributed by atoms with Gasteiger partial charge in [0.05, 0.1) is 6.54 Å². The first kappa shape index (κ1) is 17.1. The maximum absolute atomic E-state index is 12.2. The molecule has 0 atom stereocenters. The Labute approximate surface area is 146 Å². The molecule has 0 aliphatic carbocycles. The number of anilines is 1. The Balaban J connectivity index is 1.64. The Kier molecular flexibility index (Phi) is 4.71. The van der Waals surface area contributed by atoms with E-state index in [1.165, 1.54) is 6.33 Å². The maximum Gasteiger partial charge on any atom is 0.410 e. The third-order valence-corrected chi connectivity index (χ3v) is 4.42. The number of fused-ring (bicyclic) bond motifs is 1. The van der Waals surface area contributed by atoms with Crippen LogP contribution in [0.4, 0.5) is 10.6 Å². The predicted molar refractivity (Wildman–Crippen MR) is 90.7 cm³/mol. The molecule has 0 radical (unpaired) electrons. The average molecular weight is 355 g/mol. The normalized spacial score (nSPS) is 18.8. The molecule has 7 nitrogen and oxygen atoms in total. The summed E-state index contributed by atoms with van der Waals surface area (Å²) in [5, 5.41) is 0.343. The number of hydrogen-bond donors (Lipinski definition) is 0. The van der Waals surface area contributed by atoms with Gasteiger partial charge in [0, 0.05) is 19.1 Å². The highest BCUT2D eigenvalue weighted by molar-refractivity contribution is 6.31. The number of likely N-dealkylation sites (tertiary alicyclic amines) is 1. The van der Waals surface area contributed by atoms with Gasteiger partial charge in [0.2, 0.25) is 0 Å². The SMILES string of the molecule is CC(C)(C)OC(=O)N1CCC(N2CCOc3c(Cl)ncnc32)CC1. The number of rotatable bonds is 1. The quantitative estimate of drug-likeness (QED) is 0.722. The van der Waals surface area contributed by atoms with Gasteiger partial charge < -0.3 is 19.3 Å². The first-order valence-corrected chi connectivity index (χ1v) is 8.61. The summed E-state index contributed by atoms with van der Waals surface area (Å²) in [4.78, 5) is 24.5. The molecule has 132 valence electrons. The second-order valence-electron chi connectivity index (χ2n) is 7.06. The third-order valence-electron chi connectivity index (χ3n) is 4.15. The summed E-state index contributed by atoms with van der Waals surface area (Å²) >= 11 is 6.10. The molecule has 1 aromatic heterocycles. The van der Waals surface area contributed by atoms with E-state index < -0.39 is 5.60 Å². The van der Waals surface area contributed by atoms with E-state index in [4.69, 9.17) is 21.1 Å². The van der Waals surface area contributed by atoms with Crippen LogP contribution in [0.1, 0.15) is 33.6 Å². The average Bonchev–Trinajstić information content (AvgIpc) is 2.53. The van der Waals surface area contributed by atoms with Crippen molar-refractivity contribution in [3.05, 3.63) is 11.5 Å². The van der Waals surface area contributed by atoms with Crippen LogP contribution in [0.5, 0.6) is 5.75 Å². The molecule has 3 heterocycles. The number of ether oxygens (including phenoxy) is 2. The molecule has 24 heavy (non-hydrogen) atoms. The van der Waals surface area contributed by atoms with Crippen LogP contribution in [0.3, 0.4) is 0 Å². The number of carbonyl (C=O) groups excluding carboxylic acids is 1. The molecule has 1 amide bonds. The second kappa shape index (κ2) is 6.63. The molecule has 1 fully saturated rings. The second-order valence-corrected chi connectivity index (χ2v) is 7.42. The van der Waals surface area contributed by atoms with Gasteiger partial charge >= 0.3 is 6.09 Å². The summed E-state index contributed by atoms with van der Waals surface area (Å²) < 4.78 is 11.1. The van der Waals surface area contributed by atoms with Gasteiger partial charge in [0.25, 0.3) is 0 Å². The van der Waals surface area contributed by atoms with Gasteiger partial charge in [-0.25, -0.2) is 14.8 Å². The van der Waals surface area contributed by atoms with Crippen molar-refractivity contribution in [1.29, 1.82) is 0 Å². The molecule has 0 bridgehead atoms. The van der Waals surface area contributed by atoms with E-state index >= 15 is 0 Å². The number of amides is 1. The lowest BCUT2D eigenvalue weighted by molar-refractivity contribution is 0.0203. The van der Waals surface area contributed by atoms with Crippen LogP contribution in [0.15, 0.2) is 6.33 Å². The Hall–Kier alpha value is -1.76. The summed E-state index contributed by atoms with van der Waals surface area (Å²) in [5.41, 5.74) is -0.468. The zero-order valence-electron chi connectivity index (χ0n) is 14.3. The van der Waals surface area contributed by atoms with Gasteiger partial charge in [-0.3, -0.25) is 0 Å². The third kappa shape index (κ3) is 3.66. The molecular formula is C16H23ClN4O3. The molecule has 1 aromatic rings. The fraction of sp³-hybridized carbons (Fsp3) is 0.688. The Morgan fingerprint density at radius 1 is 1.29 bits per heavy atom. The first-order valence-electron chi connectivity index (χ1n) is 8.23. The number of hydrogen-bond acceptors (Lipinski definition) is 6. The zero-order chi connectivity index (χ0) is 17.3. The molecule has 2 aliphatic heterocycles. The molecule has 0 N–H and O–H groups in total. The minimum Gasteiger partial charge on any atom is -0.485 e. The van der Waals surface area contributed by atoms with E-state index in [1.54, 1.807) is 4.90 Å². The molecule has 8 heteroatoms. The van der Waals surface area contributed by atoms with Crippen LogP contribution in [0, 0.1) is 0 Å². The molecular weight excluding hydrogens is 332 g/mol. The van der Waals surface area contributed by atoms with Crippen molar-refractivity contribution in [1.82, 2.24) is 14.9 Å². The number of halogens is 1. The first-order chi connectivity index (χ1) is 11.3. The fourth-order valence-corrected chi connectivity index (χ4v) is 3.25. The molecule has 3 rings (SSSR count). The highest BCUT2D eigenvalue weighted by Gasteiger charge is 2.33. The van der Waals surface area contributed by atoms with Gasteiger partial charge in [-0.1, -0.05) is 11.6 Å². The van der Waals surface area contributed by atoms with Crippen LogP contribution in [-0.2, 0) is 4.74 Å². The molecule has 0 saturated carbocycles. The van der Waals surface area contributed by atoms with Crippen molar-refractivity contribution in [3.63, 3.8) is 0 Å². The van der Waals surface area contributed by atoms with Crippen molar-refractivity contribution in [2.45, 2.75) is 45.3 Å². The minimum atomic E-state index is -0.468. The summed E-state index contributed by atoms with van der Waals surface area (Å²) in [5.74, 6) is 1.30. The number of nitrogens with zero attached hydrogens (tertiary/aromatic N) is 4. The summed E-state index contributed by atoms with van der Waals surface area (Å²) in [6.07, 6.45) is 2.94. The largest absolute Gasteiger partial charge is 0.485 e. The summed E-state index contributed by atoms with van der Waals surface area (Å²) in [7, 11) is 0. The van der Waals surface area contributed by atoms with Crippen LogP contribution in [0.2, 0.25) is 5.15 Å². The van der Waals surface area contributed by atoms with Crippen LogP contribution in [-0.4, -0.2) is 58.8 Å². The van der Waals surface area contributed by atoms with Gasteiger partial charge in [-0.15, -0.1) is 0 Å². The van der Waals surface area contributed by atoms with E-state index in [0.717, 1.165) is 25.2 Å². The highest BCUT2D eigenvalue weighted by Crippen LogP contribution is 2.36. The van der Waals surface area contributed by atoms with E-state index in [2.05, 4.69) is 14.9 Å². The lowest BCUT2D eigenvalue weighted by Crippen LogP contribution is -2.50. The predicted octanol–water partition coefficient (Wildman–Crippen LogP) is 2.73. The zero-order valence-corrected chi connectivity index (χ0v) is 15.0. The minimum absolute atomic E-state index is 0.242. The van der Waals surface area contributed by atoms with Crippen molar-refractivity contribution in [2.24, 2.45) is 0 Å². The number of piperidine rings is 1. The number of carbonyl (C=O) groups is 1. The molecule has 0 unspecified atom stereocenters. The van der Waals surface area contributed by atoms with Gasteiger partial charge in [-0.2, -0.15) is 0 Å². The van der Waals surface area contributed by atoms with E-state index in [1.807, 2.05) is 20.8 Å². The van der Waals surface area contributed by atoms with Gasteiger partial charge in [0.15, 0.2) is 16.7 Å². The molecule has 0 aromatic carbocycles. The standard InChI is InChI=1S/C16H23ClN4O3/c1-16(2,3)24-15(22)20-6-4-11(5-7-20)21-8-9-23-12-13(17)18-10-19-14(12)21/h10-11H,4-9H2,1-3H3. The molecule has 0 spiro atoms. The monoisotopic (exact) mass is 354 g/mol. The van der Waals surface area contributed by atoms with Gasteiger partial charge in [-0.05, 0) is 33.6 Å². The van der Waals surface area contributed by atoms with E-state index in [0.29, 0.717) is 36.6 Å². The smallest absolute Gasteiger partial charge is 0.410 e. The fourth-order valence-electron chi connectivity index (χ4n) is 3.07. The maximum atomic E-state index is 12.2. The Morgan fingerprint density at radius 3 is 2.67 bits per heavy atom. The highest BCUT2D eigenvalue weighted by atomic mass is 35.5. The van der Waals surface area contributed by atoms with Gasteiger partial charge in [0.1, 0.15) is 18.5 Å². The van der Waals surface area contributed by atoms with Crippen LogP contribution >= 0.6 is 11.6 Å². The lowest BCUT2D eigenvalue weighted by Gasteiger charge is -2.41.